The molecule has 0 amide bonds. The summed E-state index contributed by atoms with van der Waals surface area (Å²) < 4.78 is 11.9. The van der Waals surface area contributed by atoms with Crippen LogP contribution in [-0.2, 0) is 6.42 Å². The van der Waals surface area contributed by atoms with E-state index >= 15 is 0 Å². The smallest absolute Gasteiger partial charge is 0.164 e. The predicted molar refractivity (Wildman–Crippen MR) is 165 cm³/mol. The SMILES string of the molecule is C=CN1/C(=C(\C)c2cc(C)no2)COc2c(CCCCCC(CCC)c3cccc4nc(C)ccc34)cccc21. The first-order chi connectivity index (χ1) is 19.5. The van der Waals surface area contributed by atoms with Crippen LogP contribution in [-0.4, -0.2) is 16.7 Å². The third-order valence-electron chi connectivity index (χ3n) is 8.07. The number of hydrogen-bond acceptors (Lipinski definition) is 5. The van der Waals surface area contributed by atoms with Gasteiger partial charge in [0.1, 0.15) is 12.4 Å². The zero-order valence-electron chi connectivity index (χ0n) is 24.4. The zero-order chi connectivity index (χ0) is 28.1. The summed E-state index contributed by atoms with van der Waals surface area (Å²) in [6, 6.07) is 19.4. The summed E-state index contributed by atoms with van der Waals surface area (Å²) in [5, 5.41) is 5.36. The van der Waals surface area contributed by atoms with Gasteiger partial charge in [-0.3, -0.25) is 4.98 Å². The second-order valence-electron chi connectivity index (χ2n) is 11.0. The van der Waals surface area contributed by atoms with Crippen LogP contribution in [0.3, 0.4) is 0 Å². The lowest BCUT2D eigenvalue weighted by Gasteiger charge is -2.33. The van der Waals surface area contributed by atoms with Crippen molar-refractivity contribution in [3.8, 4) is 5.75 Å². The summed E-state index contributed by atoms with van der Waals surface area (Å²) in [5.41, 5.74) is 8.85. The fraction of sp³-hybridized carbons (Fsp3) is 0.371. The van der Waals surface area contributed by atoms with E-state index in [9.17, 15) is 0 Å². The molecule has 4 aromatic rings. The molecule has 0 N–H and O–H groups in total. The summed E-state index contributed by atoms with van der Waals surface area (Å²) in [4.78, 5) is 6.90. The summed E-state index contributed by atoms with van der Waals surface area (Å²) in [6.45, 7) is 12.9. The molecule has 0 bridgehead atoms. The van der Waals surface area contributed by atoms with Gasteiger partial charge >= 0.3 is 0 Å². The van der Waals surface area contributed by atoms with Crippen molar-refractivity contribution < 1.29 is 9.26 Å². The molecule has 1 atom stereocenters. The molecule has 0 saturated carbocycles. The Labute approximate surface area is 238 Å². The Hall–Kier alpha value is -3.86. The molecular formula is C35H41N3O2. The minimum Gasteiger partial charge on any atom is -0.485 e. The van der Waals surface area contributed by atoms with E-state index in [1.165, 1.54) is 48.6 Å². The number of benzene rings is 2. The summed E-state index contributed by atoms with van der Waals surface area (Å²) in [5.74, 6) is 2.31. The van der Waals surface area contributed by atoms with Gasteiger partial charge in [0.2, 0.25) is 0 Å². The molecule has 2 aromatic heterocycles. The molecule has 208 valence electrons. The molecule has 3 heterocycles. The molecular weight excluding hydrogens is 494 g/mol. The number of pyridine rings is 1. The first-order valence-corrected chi connectivity index (χ1v) is 14.7. The Morgan fingerprint density at radius 3 is 2.65 bits per heavy atom. The molecule has 0 fully saturated rings. The molecule has 5 rings (SSSR count). The number of unbranched alkanes of at least 4 members (excludes halogenated alkanes) is 2. The van der Waals surface area contributed by atoms with Gasteiger partial charge in [-0.2, -0.15) is 0 Å². The quantitative estimate of drug-likeness (QED) is 0.179. The van der Waals surface area contributed by atoms with Crippen LogP contribution in [0.2, 0.25) is 0 Å². The molecule has 1 aliphatic heterocycles. The van der Waals surface area contributed by atoms with Crippen molar-refractivity contribution in [2.24, 2.45) is 0 Å². The molecule has 1 aliphatic rings. The van der Waals surface area contributed by atoms with Crippen molar-refractivity contribution in [2.75, 3.05) is 11.5 Å². The number of aromatic nitrogens is 2. The summed E-state index contributed by atoms with van der Waals surface area (Å²) >= 11 is 0. The van der Waals surface area contributed by atoms with Crippen LogP contribution in [0.5, 0.6) is 5.75 Å². The number of allylic oxidation sites excluding steroid dienone is 1. The standard InChI is InChI=1S/C35H41N3O2/c1-6-13-27(29-17-12-18-31-30(29)21-20-24(3)36-31)14-9-8-10-15-28-16-11-19-32-35(28)39-23-33(38(32)7-2)26(5)34-22-25(4)37-40-34/h7,11-12,16-22,27H,2,6,8-10,13-15,23H2,1,3-5H3/b33-26+. The predicted octanol–water partition coefficient (Wildman–Crippen LogP) is 9.30. The van der Waals surface area contributed by atoms with Gasteiger partial charge in [0, 0.05) is 28.9 Å². The normalized spacial score (nSPS) is 15.1. The summed E-state index contributed by atoms with van der Waals surface area (Å²) in [6.07, 6.45) is 10.1. The number of hydrogen-bond donors (Lipinski definition) is 0. The minimum atomic E-state index is 0.472. The molecule has 2 aromatic carbocycles. The van der Waals surface area contributed by atoms with Gasteiger partial charge < -0.3 is 14.2 Å². The second kappa shape index (κ2) is 12.5. The van der Waals surface area contributed by atoms with Gasteiger partial charge in [0.25, 0.3) is 0 Å². The van der Waals surface area contributed by atoms with E-state index in [2.05, 4.69) is 79.0 Å². The van der Waals surface area contributed by atoms with Gasteiger partial charge in [-0.05, 0) is 81.7 Å². The molecule has 0 aliphatic carbocycles. The highest BCUT2D eigenvalue weighted by Crippen LogP contribution is 2.41. The van der Waals surface area contributed by atoms with Crippen molar-refractivity contribution in [2.45, 2.75) is 78.6 Å². The van der Waals surface area contributed by atoms with E-state index in [1.807, 2.05) is 26.1 Å². The number of para-hydroxylation sites is 1. The Morgan fingerprint density at radius 2 is 1.88 bits per heavy atom. The number of ether oxygens (including phenoxy) is 1. The zero-order valence-corrected chi connectivity index (χ0v) is 24.4. The monoisotopic (exact) mass is 535 g/mol. The Bertz CT molecular complexity index is 1520. The maximum atomic E-state index is 6.37. The highest BCUT2D eigenvalue weighted by molar-refractivity contribution is 5.83. The van der Waals surface area contributed by atoms with Gasteiger partial charge in [-0.1, -0.05) is 68.3 Å². The number of fused-ring (bicyclic) bond motifs is 2. The molecule has 5 nitrogen and oxygen atoms in total. The van der Waals surface area contributed by atoms with Gasteiger partial charge in [0.05, 0.1) is 22.6 Å². The number of nitrogens with zero attached hydrogens (tertiary/aromatic N) is 3. The van der Waals surface area contributed by atoms with Crippen molar-refractivity contribution in [3.05, 3.63) is 101 Å². The Morgan fingerprint density at radius 1 is 1.02 bits per heavy atom. The van der Waals surface area contributed by atoms with Crippen molar-refractivity contribution >= 4 is 22.2 Å². The Balaban J connectivity index is 1.24. The fourth-order valence-electron chi connectivity index (χ4n) is 5.98. The van der Waals surface area contributed by atoms with Crippen molar-refractivity contribution in [3.63, 3.8) is 0 Å². The van der Waals surface area contributed by atoms with Crippen LogP contribution in [0.1, 0.15) is 86.6 Å². The van der Waals surface area contributed by atoms with Gasteiger partial charge in [0.15, 0.2) is 5.76 Å². The summed E-state index contributed by atoms with van der Waals surface area (Å²) in [7, 11) is 0. The van der Waals surface area contributed by atoms with E-state index in [0.717, 1.165) is 58.2 Å². The molecule has 5 heteroatoms. The van der Waals surface area contributed by atoms with Crippen molar-refractivity contribution in [1.29, 1.82) is 0 Å². The van der Waals surface area contributed by atoms with Crippen LogP contribution in [0.15, 0.2) is 77.6 Å². The molecule has 40 heavy (non-hydrogen) atoms. The van der Waals surface area contributed by atoms with E-state index in [-0.39, 0.29) is 0 Å². The second-order valence-corrected chi connectivity index (χ2v) is 11.0. The highest BCUT2D eigenvalue weighted by Gasteiger charge is 2.26. The van der Waals surface area contributed by atoms with Crippen LogP contribution >= 0.6 is 0 Å². The molecule has 0 radical (unpaired) electrons. The lowest BCUT2D eigenvalue weighted by atomic mass is 9.87. The fourth-order valence-corrected chi connectivity index (χ4v) is 5.98. The lowest BCUT2D eigenvalue weighted by molar-refractivity contribution is 0.334. The maximum Gasteiger partial charge on any atom is 0.164 e. The van der Waals surface area contributed by atoms with E-state index in [0.29, 0.717) is 12.5 Å². The molecule has 1 unspecified atom stereocenters. The topological polar surface area (TPSA) is 51.4 Å². The third-order valence-corrected chi connectivity index (χ3v) is 8.07. The van der Waals surface area contributed by atoms with Gasteiger partial charge in [-0.15, -0.1) is 0 Å². The van der Waals surface area contributed by atoms with E-state index in [1.54, 1.807) is 0 Å². The van der Waals surface area contributed by atoms with Crippen LogP contribution in [0, 0.1) is 13.8 Å². The average molecular weight is 536 g/mol. The van der Waals surface area contributed by atoms with E-state index in [4.69, 9.17) is 14.2 Å². The molecule has 0 saturated heterocycles. The first-order valence-electron chi connectivity index (χ1n) is 14.7. The number of aryl methyl sites for hydroxylation is 3. The average Bonchev–Trinajstić information content (AvgIpc) is 3.41. The van der Waals surface area contributed by atoms with Crippen LogP contribution in [0.4, 0.5) is 5.69 Å². The third kappa shape index (κ3) is 5.84. The Kier molecular flexibility index (Phi) is 8.69. The van der Waals surface area contributed by atoms with E-state index < -0.39 is 0 Å². The largest absolute Gasteiger partial charge is 0.485 e. The minimum absolute atomic E-state index is 0.472. The van der Waals surface area contributed by atoms with Crippen LogP contribution < -0.4 is 9.64 Å². The number of anilines is 1. The van der Waals surface area contributed by atoms with Crippen LogP contribution in [0.25, 0.3) is 16.5 Å². The highest BCUT2D eigenvalue weighted by atomic mass is 16.5. The number of rotatable bonds is 11. The maximum absolute atomic E-state index is 6.37. The lowest BCUT2D eigenvalue weighted by Crippen LogP contribution is -2.27. The van der Waals surface area contributed by atoms with Crippen molar-refractivity contribution in [1.82, 2.24) is 10.1 Å². The van der Waals surface area contributed by atoms with Gasteiger partial charge in [-0.25, -0.2) is 0 Å². The molecule has 0 spiro atoms. The first kappa shape index (κ1) is 27.7.